The highest BCUT2D eigenvalue weighted by Gasteiger charge is 2.45. The van der Waals surface area contributed by atoms with E-state index < -0.39 is 40.2 Å². The van der Waals surface area contributed by atoms with E-state index in [0.717, 1.165) is 0 Å². The maximum atomic E-state index is 13.1. The number of ketones is 1. The third-order valence-electron chi connectivity index (χ3n) is 10.3. The number of hydrogen-bond donors (Lipinski definition) is 6. The van der Waals surface area contributed by atoms with Gasteiger partial charge in [0.2, 0.25) is 0 Å². The normalized spacial score (nSPS) is 15.5. The number of rotatable bonds is 6. The third kappa shape index (κ3) is 12.6. The van der Waals surface area contributed by atoms with Crippen molar-refractivity contribution in [1.29, 1.82) is 0 Å². The molecular formula is C47H38Br2Cl3N15O7. The molecule has 0 bridgehead atoms. The predicted molar refractivity (Wildman–Crippen MR) is 282 cm³/mol. The largest absolute Gasteiger partial charge is 0.384 e. The molecule has 0 spiro atoms. The first-order valence-corrected chi connectivity index (χ1v) is 23.8. The molecule has 0 saturated heterocycles. The van der Waals surface area contributed by atoms with Crippen LogP contribution in [-0.4, -0.2) is 72.5 Å². The first kappa shape index (κ1) is 55.3. The van der Waals surface area contributed by atoms with Gasteiger partial charge in [0.15, 0.2) is 17.1 Å². The van der Waals surface area contributed by atoms with Crippen molar-refractivity contribution in [3.8, 4) is 0 Å². The summed E-state index contributed by atoms with van der Waals surface area (Å²) in [6.45, 7) is 4.92. The minimum atomic E-state index is -1.15. The zero-order valence-electron chi connectivity index (χ0n) is 38.6. The van der Waals surface area contributed by atoms with Crippen LogP contribution in [0, 0.1) is 0 Å². The highest BCUT2D eigenvalue weighted by Crippen LogP contribution is 2.34. The van der Waals surface area contributed by atoms with Crippen LogP contribution in [0.1, 0.15) is 74.1 Å². The molecule has 0 fully saturated rings. The molecule has 27 heteroatoms. The van der Waals surface area contributed by atoms with Crippen LogP contribution in [0.4, 0.5) is 17.3 Å². The Bertz CT molecular complexity index is 3550. The number of H-pyrrole nitrogens is 1. The van der Waals surface area contributed by atoms with E-state index in [9.17, 15) is 33.6 Å². The molecule has 10 heterocycles. The Hall–Kier alpha value is -8.03. The lowest BCUT2D eigenvalue weighted by Crippen LogP contribution is -2.46. The minimum absolute atomic E-state index is 0.00981. The van der Waals surface area contributed by atoms with Crippen LogP contribution >= 0.6 is 66.7 Å². The number of hydrogen-bond acceptors (Lipinski definition) is 16. The van der Waals surface area contributed by atoms with Crippen molar-refractivity contribution in [2.24, 2.45) is 5.73 Å². The summed E-state index contributed by atoms with van der Waals surface area (Å²) < 4.78 is 3.22. The van der Waals surface area contributed by atoms with Crippen LogP contribution in [-0.2, 0) is 11.3 Å². The summed E-state index contributed by atoms with van der Waals surface area (Å²) >= 11 is 24.1. The number of pyridine rings is 6. The number of nitrogen functional groups attached to an aromatic ring is 1. The van der Waals surface area contributed by atoms with Gasteiger partial charge in [-0.2, -0.15) is 0 Å². The van der Waals surface area contributed by atoms with Crippen LogP contribution in [0.25, 0.3) is 0 Å². The summed E-state index contributed by atoms with van der Waals surface area (Å²) in [5.41, 5.74) is 8.68. The van der Waals surface area contributed by atoms with Crippen molar-refractivity contribution in [1.82, 2.24) is 59.6 Å². The molecule has 22 nitrogen and oxygen atoms in total. The summed E-state index contributed by atoms with van der Waals surface area (Å²) in [5.74, 6) is -0.637. The van der Waals surface area contributed by atoms with Gasteiger partial charge in [0.05, 0.1) is 35.4 Å². The van der Waals surface area contributed by atoms with Gasteiger partial charge in [-0.25, -0.2) is 19.9 Å². The van der Waals surface area contributed by atoms with E-state index in [1.165, 1.54) is 46.9 Å². The number of Topliss-reactive ketones (excluding diaryl/α,β-unsaturated/α-hetero) is 1. The number of aromatic nitrogens is 10. The van der Waals surface area contributed by atoms with Gasteiger partial charge >= 0.3 is 0 Å². The lowest BCUT2D eigenvalue weighted by Gasteiger charge is -2.26. The van der Waals surface area contributed by atoms with E-state index in [4.69, 9.17) is 46.3 Å². The van der Waals surface area contributed by atoms with Crippen LogP contribution in [0.2, 0.25) is 15.1 Å². The topological polar surface area (TPSA) is 323 Å². The molecule has 2 atom stereocenters. The molecule has 3 amide bonds. The summed E-state index contributed by atoms with van der Waals surface area (Å²) in [6, 6.07) is 23.3. The lowest BCUT2D eigenvalue weighted by molar-refractivity contribution is 0.0931. The first-order chi connectivity index (χ1) is 35.2. The van der Waals surface area contributed by atoms with Crippen LogP contribution < -0.4 is 44.1 Å². The molecule has 0 aliphatic carbocycles. The van der Waals surface area contributed by atoms with Gasteiger partial charge < -0.3 is 32.4 Å². The Labute approximate surface area is 450 Å². The van der Waals surface area contributed by atoms with Gasteiger partial charge in [0.25, 0.3) is 34.4 Å². The van der Waals surface area contributed by atoms with Crippen molar-refractivity contribution in [3.05, 3.63) is 218 Å². The molecule has 2 aliphatic rings. The molecule has 8 aromatic heterocycles. The van der Waals surface area contributed by atoms with E-state index in [1.54, 1.807) is 112 Å². The molecule has 0 aromatic carbocycles. The third-order valence-corrected chi connectivity index (χ3v) is 12.3. The fraction of sp³-hybridized carbons (Fsp3) is 0.106. The zero-order chi connectivity index (χ0) is 53.9. The highest BCUT2D eigenvalue weighted by atomic mass is 79.9. The SMILES string of the molecule is CC(=O)c1ccccn1.CC1(c2ccccn2)NC(=O)c2c(Cl)cc(Br)c(=O)n21.CC1(c2ccccn2)NC(=O)c2c(Cl)cc(Nc3ccncn3)c(=O)n21.NC(=O)c1[nH]c(=O)c(Br)cc1Cl.Nc1ccncn1. The molecule has 2 aliphatic heterocycles. The summed E-state index contributed by atoms with van der Waals surface area (Å²) in [5, 5.41) is 8.99. The van der Waals surface area contributed by atoms with E-state index in [-0.39, 0.29) is 53.7 Å². The first-order valence-electron chi connectivity index (χ1n) is 21.1. The number of carbonyl (C=O) groups excluding carboxylic acids is 4. The van der Waals surface area contributed by atoms with Crippen molar-refractivity contribution < 1.29 is 19.2 Å². The Morgan fingerprint density at radius 2 is 1.15 bits per heavy atom. The molecule has 0 saturated carbocycles. The minimum Gasteiger partial charge on any atom is -0.384 e. The average molecular weight is 1190 g/mol. The summed E-state index contributed by atoms with van der Waals surface area (Å²) in [6.07, 6.45) is 10.7. The van der Waals surface area contributed by atoms with Gasteiger partial charge in [-0.1, -0.05) is 53.0 Å². The van der Waals surface area contributed by atoms with Crippen molar-refractivity contribution in [2.75, 3.05) is 11.1 Å². The quantitative estimate of drug-likeness (QED) is 0.100. The number of nitrogens with one attached hydrogen (secondary N) is 4. The van der Waals surface area contributed by atoms with Crippen molar-refractivity contribution in [3.63, 3.8) is 0 Å². The van der Waals surface area contributed by atoms with E-state index >= 15 is 0 Å². The second-order valence-electron chi connectivity index (χ2n) is 15.4. The number of anilines is 3. The van der Waals surface area contributed by atoms with E-state index in [2.05, 4.69) is 87.7 Å². The molecule has 0 radical (unpaired) electrons. The molecule has 74 heavy (non-hydrogen) atoms. The summed E-state index contributed by atoms with van der Waals surface area (Å²) in [7, 11) is 0. The highest BCUT2D eigenvalue weighted by molar-refractivity contribution is 9.10. The van der Waals surface area contributed by atoms with Gasteiger partial charge in [0.1, 0.15) is 52.8 Å². The number of fused-ring (bicyclic) bond motifs is 2. The fourth-order valence-electron chi connectivity index (χ4n) is 6.87. The van der Waals surface area contributed by atoms with Crippen LogP contribution in [0.5, 0.6) is 0 Å². The fourth-order valence-corrected chi connectivity index (χ4v) is 8.68. The van der Waals surface area contributed by atoms with Gasteiger partial charge in [-0.15, -0.1) is 0 Å². The Balaban J connectivity index is 0.000000163. The van der Waals surface area contributed by atoms with Crippen molar-refractivity contribution in [2.45, 2.75) is 32.1 Å². The number of carbonyl (C=O) groups is 4. The predicted octanol–water partition coefficient (Wildman–Crippen LogP) is 6.25. The van der Waals surface area contributed by atoms with Gasteiger partial charge in [-0.3, -0.25) is 57.6 Å². The Morgan fingerprint density at radius 1 is 0.635 bits per heavy atom. The van der Waals surface area contributed by atoms with Gasteiger partial charge in [-0.05, 0) is 112 Å². The van der Waals surface area contributed by atoms with E-state index in [0.29, 0.717) is 33.2 Å². The monoisotopic (exact) mass is 1190 g/mol. The molecule has 378 valence electrons. The smallest absolute Gasteiger partial charge is 0.277 e. The molecule has 2 unspecified atom stereocenters. The average Bonchev–Trinajstić information content (AvgIpc) is 3.84. The van der Waals surface area contributed by atoms with Crippen molar-refractivity contribution >= 4 is 107 Å². The Morgan fingerprint density at radius 3 is 1.58 bits per heavy atom. The second-order valence-corrected chi connectivity index (χ2v) is 18.3. The molecule has 8 aromatic rings. The number of nitrogens with zero attached hydrogens (tertiary/aromatic N) is 9. The van der Waals surface area contributed by atoms with Gasteiger partial charge in [0, 0.05) is 37.9 Å². The maximum absolute atomic E-state index is 13.1. The number of halogens is 5. The molecule has 8 N–H and O–H groups in total. The lowest BCUT2D eigenvalue weighted by atomic mass is 10.1. The maximum Gasteiger partial charge on any atom is 0.277 e. The van der Waals surface area contributed by atoms with E-state index in [1.807, 2.05) is 0 Å². The van der Waals surface area contributed by atoms with Crippen LogP contribution in [0.3, 0.4) is 0 Å². The second kappa shape index (κ2) is 24.1. The number of aromatic amines is 1. The summed E-state index contributed by atoms with van der Waals surface area (Å²) in [4.78, 5) is 112. The molecular weight excluding hydrogens is 1150 g/mol. The zero-order valence-corrected chi connectivity index (χ0v) is 44.0. The number of amides is 3. The number of primary amides is 1. The Kier molecular flexibility index (Phi) is 18.0. The molecule has 10 rings (SSSR count). The van der Waals surface area contributed by atoms with Crippen LogP contribution in [0.15, 0.2) is 152 Å². The number of nitrogens with two attached hydrogens (primary N) is 2. The standard InChI is InChI=1S/C17H13ClN6O2.C13H9BrClN3O2.C7H7NO.C6H4BrClN2O2.C4H5N3/c1-17(12-4-2-3-6-20-12)23-15(25)14-10(18)8-11(16(26)24(14)17)22-13-5-7-19-9-21-13;1-13(9-4-2-3-5-16-9)17-11(19)10-8(15)6-7(14)12(20)18(10)13;1-6(9)7-4-2-3-5-8-7;7-2-1-3(8)4(5(9)11)10-6(2)12;5-4-1-2-6-3-7-4/h2-9H,1H3,(H,23,25)(H,19,21,22);2-6H,1H3,(H,17,19);2-5H,1H3;1H,(H2,9,11)(H,10,12);1-3H,(H2,5,6,7).